The van der Waals surface area contributed by atoms with Gasteiger partial charge in [-0.25, -0.2) is 4.79 Å². The van der Waals surface area contributed by atoms with Crippen molar-refractivity contribution < 1.29 is 9.90 Å². The Labute approximate surface area is 115 Å². The number of hydrogen-bond donors (Lipinski definition) is 1. The number of benzene rings is 1. The standard InChI is InChI=1S/C10H10.C7H10O2/c1-3-9-7-5-6-8-10(9)4-2;1-3-4-5-6(2)7(8)9/h3-8H,1-2H2;3,5H,1,4H2,2H3,(H,8,9). The monoisotopic (exact) mass is 256 g/mol. The Hall–Kier alpha value is -2.35. The fraction of sp³-hybridized carbons (Fsp3) is 0.118. The van der Waals surface area contributed by atoms with E-state index in [1.165, 1.54) is 0 Å². The maximum Gasteiger partial charge on any atom is 0.330 e. The number of rotatable bonds is 5. The van der Waals surface area contributed by atoms with Crippen molar-refractivity contribution in [2.75, 3.05) is 0 Å². The summed E-state index contributed by atoms with van der Waals surface area (Å²) in [5, 5.41) is 8.31. The van der Waals surface area contributed by atoms with Gasteiger partial charge in [0.2, 0.25) is 0 Å². The van der Waals surface area contributed by atoms with E-state index in [-0.39, 0.29) is 0 Å². The van der Waals surface area contributed by atoms with E-state index in [0.29, 0.717) is 12.0 Å². The van der Waals surface area contributed by atoms with E-state index >= 15 is 0 Å². The zero-order chi connectivity index (χ0) is 14.7. The van der Waals surface area contributed by atoms with Crippen LogP contribution in [0.5, 0.6) is 0 Å². The van der Waals surface area contributed by atoms with Gasteiger partial charge in [-0.05, 0) is 24.5 Å². The number of carbonyl (C=O) groups is 1. The minimum atomic E-state index is -0.864. The molecule has 0 spiro atoms. The van der Waals surface area contributed by atoms with Crippen LogP contribution >= 0.6 is 0 Å². The van der Waals surface area contributed by atoms with E-state index in [1.54, 1.807) is 19.1 Å². The van der Waals surface area contributed by atoms with Crippen molar-refractivity contribution in [3.05, 3.63) is 72.9 Å². The Kier molecular flexibility index (Phi) is 8.46. The van der Waals surface area contributed by atoms with Crippen molar-refractivity contribution in [1.82, 2.24) is 0 Å². The molecule has 0 radical (unpaired) electrons. The zero-order valence-electron chi connectivity index (χ0n) is 11.3. The highest BCUT2D eigenvalue weighted by Crippen LogP contribution is 2.10. The predicted molar refractivity (Wildman–Crippen MR) is 82.8 cm³/mol. The molecule has 0 aromatic heterocycles. The molecule has 100 valence electrons. The van der Waals surface area contributed by atoms with Crippen LogP contribution in [0.1, 0.15) is 24.5 Å². The van der Waals surface area contributed by atoms with E-state index < -0.39 is 5.97 Å². The fourth-order valence-corrected chi connectivity index (χ4v) is 1.23. The third-order valence-electron chi connectivity index (χ3n) is 2.36. The SMILES string of the molecule is C=CCC=C(C)C(=O)O.C=Cc1ccccc1C=C. The van der Waals surface area contributed by atoms with Crippen molar-refractivity contribution in [1.29, 1.82) is 0 Å². The Morgan fingerprint density at radius 1 is 1.16 bits per heavy atom. The molecule has 0 bridgehead atoms. The van der Waals surface area contributed by atoms with Crippen LogP contribution in [-0.2, 0) is 4.79 Å². The minimum Gasteiger partial charge on any atom is -0.478 e. The van der Waals surface area contributed by atoms with Gasteiger partial charge in [-0.3, -0.25) is 0 Å². The van der Waals surface area contributed by atoms with Gasteiger partial charge in [0.25, 0.3) is 0 Å². The smallest absolute Gasteiger partial charge is 0.330 e. The summed E-state index contributed by atoms with van der Waals surface area (Å²) in [4.78, 5) is 10.1. The molecule has 0 aliphatic heterocycles. The van der Waals surface area contributed by atoms with Crippen LogP contribution in [0, 0.1) is 0 Å². The summed E-state index contributed by atoms with van der Waals surface area (Å²) in [6.07, 6.45) is 7.56. The number of allylic oxidation sites excluding steroid dienone is 2. The third kappa shape index (κ3) is 6.84. The molecule has 1 aromatic rings. The first-order valence-electron chi connectivity index (χ1n) is 5.91. The van der Waals surface area contributed by atoms with E-state index in [9.17, 15) is 4.79 Å². The van der Waals surface area contributed by atoms with Gasteiger partial charge in [0.05, 0.1) is 0 Å². The van der Waals surface area contributed by atoms with Crippen molar-refractivity contribution in [2.45, 2.75) is 13.3 Å². The van der Waals surface area contributed by atoms with Crippen LogP contribution in [0.4, 0.5) is 0 Å². The average Bonchev–Trinajstić information content (AvgIpc) is 2.45. The van der Waals surface area contributed by atoms with Gasteiger partial charge in [0.1, 0.15) is 0 Å². The summed E-state index contributed by atoms with van der Waals surface area (Å²) in [6, 6.07) is 8.02. The molecule has 2 nitrogen and oxygen atoms in total. The lowest BCUT2D eigenvalue weighted by Gasteiger charge is -1.96. The largest absolute Gasteiger partial charge is 0.478 e. The molecule has 0 amide bonds. The number of carboxylic acid groups (broad SMARTS) is 1. The van der Waals surface area contributed by atoms with Crippen molar-refractivity contribution >= 4 is 18.1 Å². The van der Waals surface area contributed by atoms with Gasteiger partial charge in [0.15, 0.2) is 0 Å². The molecule has 0 saturated heterocycles. The molecule has 0 fully saturated rings. The van der Waals surface area contributed by atoms with Crippen LogP contribution < -0.4 is 0 Å². The predicted octanol–water partition coefficient (Wildman–Crippen LogP) is 4.57. The van der Waals surface area contributed by atoms with E-state index in [1.807, 2.05) is 36.4 Å². The topological polar surface area (TPSA) is 37.3 Å². The normalized spacial score (nSPS) is 9.84. The third-order valence-corrected chi connectivity index (χ3v) is 2.36. The van der Waals surface area contributed by atoms with Gasteiger partial charge >= 0.3 is 5.97 Å². The van der Waals surface area contributed by atoms with Crippen LogP contribution in [0.2, 0.25) is 0 Å². The summed E-state index contributed by atoms with van der Waals surface area (Å²) in [5.41, 5.74) is 2.64. The van der Waals surface area contributed by atoms with E-state index in [0.717, 1.165) is 11.1 Å². The van der Waals surface area contributed by atoms with Gasteiger partial charge in [-0.1, -0.05) is 61.7 Å². The van der Waals surface area contributed by atoms with Crippen molar-refractivity contribution in [3.63, 3.8) is 0 Å². The van der Waals surface area contributed by atoms with Crippen molar-refractivity contribution in [2.24, 2.45) is 0 Å². The quantitative estimate of drug-likeness (QED) is 0.619. The maximum atomic E-state index is 10.1. The molecule has 0 atom stereocenters. The summed E-state index contributed by atoms with van der Waals surface area (Å²) < 4.78 is 0. The van der Waals surface area contributed by atoms with E-state index in [2.05, 4.69) is 19.7 Å². The van der Waals surface area contributed by atoms with Crippen LogP contribution in [0.15, 0.2) is 61.7 Å². The molecule has 19 heavy (non-hydrogen) atoms. The van der Waals surface area contributed by atoms with Crippen LogP contribution in [0.3, 0.4) is 0 Å². The minimum absolute atomic E-state index is 0.370. The average molecular weight is 256 g/mol. The summed E-state index contributed by atoms with van der Waals surface area (Å²) in [5.74, 6) is -0.864. The molecule has 0 saturated carbocycles. The van der Waals surface area contributed by atoms with Gasteiger partial charge in [-0.15, -0.1) is 6.58 Å². The van der Waals surface area contributed by atoms with Crippen LogP contribution in [0.25, 0.3) is 12.2 Å². The number of carboxylic acids is 1. The van der Waals surface area contributed by atoms with Crippen molar-refractivity contribution in [3.8, 4) is 0 Å². The molecule has 0 aliphatic rings. The number of aliphatic carboxylic acids is 1. The molecule has 1 aromatic carbocycles. The van der Waals surface area contributed by atoms with Gasteiger partial charge < -0.3 is 5.11 Å². The molecule has 0 heterocycles. The second-order valence-electron chi connectivity index (χ2n) is 3.75. The zero-order valence-corrected chi connectivity index (χ0v) is 11.3. The molecule has 2 heteroatoms. The molecule has 0 unspecified atom stereocenters. The second-order valence-corrected chi connectivity index (χ2v) is 3.75. The maximum absolute atomic E-state index is 10.1. The molecule has 1 N–H and O–H groups in total. The molecular weight excluding hydrogens is 236 g/mol. The first-order chi connectivity index (χ1) is 9.06. The fourth-order valence-electron chi connectivity index (χ4n) is 1.23. The lowest BCUT2D eigenvalue weighted by atomic mass is 10.1. The summed E-state index contributed by atoms with van der Waals surface area (Å²) in [7, 11) is 0. The highest BCUT2D eigenvalue weighted by atomic mass is 16.4. The number of hydrogen-bond acceptors (Lipinski definition) is 1. The molecular formula is C17H20O2. The lowest BCUT2D eigenvalue weighted by Crippen LogP contribution is -1.94. The Bertz CT molecular complexity index is 455. The second kappa shape index (κ2) is 9.66. The van der Waals surface area contributed by atoms with Gasteiger partial charge in [-0.2, -0.15) is 0 Å². The summed E-state index contributed by atoms with van der Waals surface area (Å²) in [6.45, 7) is 12.4. The highest BCUT2D eigenvalue weighted by Gasteiger charge is 1.95. The Morgan fingerprint density at radius 2 is 1.63 bits per heavy atom. The van der Waals surface area contributed by atoms with Crippen LogP contribution in [-0.4, -0.2) is 11.1 Å². The molecule has 1 rings (SSSR count). The molecule has 0 aliphatic carbocycles. The summed E-state index contributed by atoms with van der Waals surface area (Å²) >= 11 is 0. The van der Waals surface area contributed by atoms with Gasteiger partial charge in [0, 0.05) is 5.57 Å². The Morgan fingerprint density at radius 3 is 1.95 bits per heavy atom. The lowest BCUT2D eigenvalue weighted by molar-refractivity contribution is -0.132. The highest BCUT2D eigenvalue weighted by molar-refractivity contribution is 5.85. The Balaban J connectivity index is 0.000000344. The first-order valence-corrected chi connectivity index (χ1v) is 5.91. The van der Waals surface area contributed by atoms with E-state index in [4.69, 9.17) is 5.11 Å². The first kappa shape index (κ1) is 16.7.